The SMILES string of the molecule is CC(C)(C)CCn1c(=O)oc2cc(N)ccc21. The van der Waals surface area contributed by atoms with Gasteiger partial charge in [-0.05, 0) is 24.0 Å². The summed E-state index contributed by atoms with van der Waals surface area (Å²) >= 11 is 0. The van der Waals surface area contributed by atoms with Crippen molar-refractivity contribution < 1.29 is 4.42 Å². The number of hydrogen-bond donors (Lipinski definition) is 1. The summed E-state index contributed by atoms with van der Waals surface area (Å²) in [6, 6.07) is 5.30. The minimum atomic E-state index is -0.310. The zero-order valence-corrected chi connectivity index (χ0v) is 10.5. The Hall–Kier alpha value is -1.71. The number of fused-ring (bicyclic) bond motifs is 1. The molecule has 0 spiro atoms. The zero-order chi connectivity index (χ0) is 12.6. The smallest absolute Gasteiger partial charge is 0.408 e. The van der Waals surface area contributed by atoms with Gasteiger partial charge in [0.25, 0.3) is 0 Å². The quantitative estimate of drug-likeness (QED) is 0.812. The van der Waals surface area contributed by atoms with Crippen molar-refractivity contribution in [1.82, 2.24) is 4.57 Å². The van der Waals surface area contributed by atoms with Crippen molar-refractivity contribution in [3.63, 3.8) is 0 Å². The van der Waals surface area contributed by atoms with Crippen molar-refractivity contribution in [3.8, 4) is 0 Å². The Morgan fingerprint density at radius 1 is 1.35 bits per heavy atom. The minimum Gasteiger partial charge on any atom is -0.408 e. The number of aromatic nitrogens is 1. The van der Waals surface area contributed by atoms with Gasteiger partial charge in [-0.15, -0.1) is 0 Å². The van der Waals surface area contributed by atoms with E-state index in [0.717, 1.165) is 11.9 Å². The molecule has 17 heavy (non-hydrogen) atoms. The van der Waals surface area contributed by atoms with E-state index in [1.165, 1.54) is 0 Å². The average Bonchev–Trinajstić information content (AvgIpc) is 2.48. The van der Waals surface area contributed by atoms with E-state index in [1.54, 1.807) is 16.7 Å². The Bertz CT molecular complexity index is 587. The Balaban J connectivity index is 2.40. The maximum absolute atomic E-state index is 11.7. The third-order valence-electron chi connectivity index (χ3n) is 2.78. The molecule has 0 atom stereocenters. The van der Waals surface area contributed by atoms with Gasteiger partial charge >= 0.3 is 5.76 Å². The van der Waals surface area contributed by atoms with Gasteiger partial charge in [0.05, 0.1) is 5.52 Å². The van der Waals surface area contributed by atoms with E-state index in [2.05, 4.69) is 20.8 Å². The molecule has 2 rings (SSSR count). The van der Waals surface area contributed by atoms with E-state index >= 15 is 0 Å². The molecular formula is C13H18N2O2. The Morgan fingerprint density at radius 3 is 2.71 bits per heavy atom. The van der Waals surface area contributed by atoms with Gasteiger partial charge in [0.2, 0.25) is 0 Å². The molecule has 4 nitrogen and oxygen atoms in total. The van der Waals surface area contributed by atoms with E-state index in [9.17, 15) is 4.79 Å². The van der Waals surface area contributed by atoms with Crippen LogP contribution >= 0.6 is 0 Å². The monoisotopic (exact) mass is 234 g/mol. The molecule has 0 aliphatic carbocycles. The first-order valence-electron chi connectivity index (χ1n) is 5.76. The number of nitrogens with zero attached hydrogens (tertiary/aromatic N) is 1. The number of rotatable bonds is 2. The molecule has 2 aromatic rings. The summed E-state index contributed by atoms with van der Waals surface area (Å²) < 4.78 is 6.84. The lowest BCUT2D eigenvalue weighted by Gasteiger charge is -2.17. The van der Waals surface area contributed by atoms with Crippen LogP contribution in [0, 0.1) is 5.41 Å². The summed E-state index contributed by atoms with van der Waals surface area (Å²) in [5.74, 6) is -0.310. The zero-order valence-electron chi connectivity index (χ0n) is 10.5. The molecule has 2 N–H and O–H groups in total. The van der Waals surface area contributed by atoms with Crippen molar-refractivity contribution in [3.05, 3.63) is 28.7 Å². The topological polar surface area (TPSA) is 61.2 Å². The van der Waals surface area contributed by atoms with Crippen LogP contribution in [0.4, 0.5) is 5.69 Å². The van der Waals surface area contributed by atoms with E-state index < -0.39 is 0 Å². The van der Waals surface area contributed by atoms with Crippen LogP contribution < -0.4 is 11.5 Å². The summed E-state index contributed by atoms with van der Waals surface area (Å²) in [5, 5.41) is 0. The molecule has 0 saturated heterocycles. The third kappa shape index (κ3) is 2.52. The highest BCUT2D eigenvalue weighted by atomic mass is 16.4. The summed E-state index contributed by atoms with van der Waals surface area (Å²) in [4.78, 5) is 11.7. The normalized spacial score (nSPS) is 12.2. The molecule has 1 heterocycles. The standard InChI is InChI=1S/C13H18N2O2/c1-13(2,3)6-7-15-10-5-4-9(14)8-11(10)17-12(15)16/h4-5,8H,6-7,14H2,1-3H3. The molecule has 0 fully saturated rings. The van der Waals surface area contributed by atoms with Gasteiger partial charge < -0.3 is 10.2 Å². The van der Waals surface area contributed by atoms with Crippen LogP contribution in [0.3, 0.4) is 0 Å². The van der Waals surface area contributed by atoms with Gasteiger partial charge in [0.15, 0.2) is 5.58 Å². The van der Waals surface area contributed by atoms with E-state index in [4.69, 9.17) is 10.2 Å². The largest absolute Gasteiger partial charge is 0.419 e. The predicted molar refractivity (Wildman–Crippen MR) is 69.0 cm³/mol. The molecular weight excluding hydrogens is 216 g/mol. The first-order valence-corrected chi connectivity index (χ1v) is 5.76. The molecule has 1 aromatic heterocycles. The predicted octanol–water partition coefficient (Wildman–Crippen LogP) is 2.61. The molecule has 92 valence electrons. The van der Waals surface area contributed by atoms with Crippen molar-refractivity contribution >= 4 is 16.8 Å². The average molecular weight is 234 g/mol. The van der Waals surface area contributed by atoms with Crippen molar-refractivity contribution in [2.45, 2.75) is 33.7 Å². The van der Waals surface area contributed by atoms with E-state index in [0.29, 0.717) is 17.8 Å². The summed E-state index contributed by atoms with van der Waals surface area (Å²) in [5.41, 5.74) is 7.82. The van der Waals surface area contributed by atoms with Crippen LogP contribution in [-0.4, -0.2) is 4.57 Å². The minimum absolute atomic E-state index is 0.191. The highest BCUT2D eigenvalue weighted by Crippen LogP contribution is 2.21. The van der Waals surface area contributed by atoms with Crippen LogP contribution in [0.1, 0.15) is 27.2 Å². The first-order chi connectivity index (χ1) is 7.87. The second-order valence-electron chi connectivity index (χ2n) is 5.56. The maximum atomic E-state index is 11.7. The Kier molecular flexibility index (Phi) is 2.73. The fraction of sp³-hybridized carbons (Fsp3) is 0.462. The second-order valence-corrected chi connectivity index (χ2v) is 5.56. The number of hydrogen-bond acceptors (Lipinski definition) is 3. The molecule has 0 bridgehead atoms. The molecule has 0 unspecified atom stereocenters. The van der Waals surface area contributed by atoms with Gasteiger partial charge in [0, 0.05) is 18.3 Å². The Labute approximate surface area is 100 Å². The van der Waals surface area contributed by atoms with Crippen LogP contribution in [0.25, 0.3) is 11.1 Å². The van der Waals surface area contributed by atoms with Crippen LogP contribution in [0.2, 0.25) is 0 Å². The number of anilines is 1. The van der Waals surface area contributed by atoms with E-state index in [-0.39, 0.29) is 11.2 Å². The number of oxazole rings is 1. The maximum Gasteiger partial charge on any atom is 0.419 e. The van der Waals surface area contributed by atoms with Crippen LogP contribution in [0.5, 0.6) is 0 Å². The lowest BCUT2D eigenvalue weighted by molar-refractivity contribution is 0.343. The second kappa shape index (κ2) is 3.95. The van der Waals surface area contributed by atoms with Crippen molar-refractivity contribution in [2.24, 2.45) is 5.41 Å². The fourth-order valence-electron chi connectivity index (χ4n) is 1.74. The first kappa shape index (κ1) is 11.8. The summed E-state index contributed by atoms with van der Waals surface area (Å²) in [6.07, 6.45) is 0.923. The van der Waals surface area contributed by atoms with Gasteiger partial charge in [-0.2, -0.15) is 0 Å². The Morgan fingerprint density at radius 2 is 2.06 bits per heavy atom. The molecule has 0 aliphatic heterocycles. The molecule has 1 aromatic carbocycles. The van der Waals surface area contributed by atoms with Gasteiger partial charge in [0.1, 0.15) is 0 Å². The molecule has 0 aliphatic rings. The highest BCUT2D eigenvalue weighted by molar-refractivity contribution is 5.76. The van der Waals surface area contributed by atoms with Gasteiger partial charge in [-0.1, -0.05) is 20.8 Å². The third-order valence-corrected chi connectivity index (χ3v) is 2.78. The number of benzene rings is 1. The van der Waals surface area contributed by atoms with Crippen molar-refractivity contribution in [2.75, 3.05) is 5.73 Å². The molecule has 4 heteroatoms. The lowest BCUT2D eigenvalue weighted by Crippen LogP contribution is -2.18. The molecule has 0 saturated carbocycles. The van der Waals surface area contributed by atoms with Gasteiger partial charge in [-0.3, -0.25) is 4.57 Å². The molecule has 0 radical (unpaired) electrons. The number of nitrogen functional groups attached to an aromatic ring is 1. The number of aryl methyl sites for hydroxylation is 1. The lowest BCUT2D eigenvalue weighted by atomic mass is 9.92. The highest BCUT2D eigenvalue weighted by Gasteiger charge is 2.14. The van der Waals surface area contributed by atoms with E-state index in [1.807, 2.05) is 6.07 Å². The summed E-state index contributed by atoms with van der Waals surface area (Å²) in [6.45, 7) is 7.12. The van der Waals surface area contributed by atoms with Gasteiger partial charge in [-0.25, -0.2) is 4.79 Å². The molecule has 0 amide bonds. The van der Waals surface area contributed by atoms with Crippen molar-refractivity contribution in [1.29, 1.82) is 0 Å². The summed E-state index contributed by atoms with van der Waals surface area (Å²) in [7, 11) is 0. The van der Waals surface area contributed by atoms with Crippen LogP contribution in [0.15, 0.2) is 27.4 Å². The fourth-order valence-corrected chi connectivity index (χ4v) is 1.74. The number of nitrogens with two attached hydrogens (primary N) is 1. The van der Waals surface area contributed by atoms with Crippen LogP contribution in [-0.2, 0) is 6.54 Å².